The summed E-state index contributed by atoms with van der Waals surface area (Å²) in [6.45, 7) is 3.50. The molecule has 0 bridgehead atoms. The van der Waals surface area contributed by atoms with E-state index in [0.29, 0.717) is 32.5 Å². The van der Waals surface area contributed by atoms with E-state index in [9.17, 15) is 13.2 Å². The molecule has 3 rings (SSSR count). The van der Waals surface area contributed by atoms with Gasteiger partial charge in [-0.1, -0.05) is 31.5 Å². The van der Waals surface area contributed by atoms with Crippen molar-refractivity contribution >= 4 is 27.3 Å². The first kappa shape index (κ1) is 20.8. The Labute approximate surface area is 170 Å². The molecule has 1 amide bonds. The SMILES string of the molecule is CCCCOc1cccc(CNC(=O)C2CCCN2S(=O)(=O)c2cccs2)c1. The molecule has 1 atom stereocenters. The van der Waals surface area contributed by atoms with E-state index in [2.05, 4.69) is 12.2 Å². The van der Waals surface area contributed by atoms with Crippen molar-refractivity contribution in [3.63, 3.8) is 0 Å². The first-order valence-corrected chi connectivity index (χ1v) is 11.9. The van der Waals surface area contributed by atoms with Crippen molar-refractivity contribution in [1.82, 2.24) is 9.62 Å². The number of benzene rings is 1. The number of ether oxygens (including phenoxy) is 1. The van der Waals surface area contributed by atoms with Crippen molar-refractivity contribution in [3.8, 4) is 5.75 Å². The van der Waals surface area contributed by atoms with Gasteiger partial charge in [0.05, 0.1) is 6.61 Å². The molecule has 0 saturated carbocycles. The number of rotatable bonds is 9. The number of nitrogens with one attached hydrogen (secondary N) is 1. The molecule has 152 valence electrons. The highest BCUT2D eigenvalue weighted by molar-refractivity contribution is 7.91. The Hall–Kier alpha value is -1.90. The van der Waals surface area contributed by atoms with Gasteiger partial charge in [-0.2, -0.15) is 4.31 Å². The minimum atomic E-state index is -3.62. The predicted molar refractivity (Wildman–Crippen MR) is 110 cm³/mol. The fourth-order valence-corrected chi connectivity index (χ4v) is 5.98. The maximum absolute atomic E-state index is 12.8. The molecular formula is C20H26N2O4S2. The molecule has 1 fully saturated rings. The van der Waals surface area contributed by atoms with Gasteiger partial charge in [-0.15, -0.1) is 11.3 Å². The van der Waals surface area contributed by atoms with Crippen LogP contribution in [0, 0.1) is 0 Å². The van der Waals surface area contributed by atoms with Gasteiger partial charge in [-0.3, -0.25) is 4.79 Å². The summed E-state index contributed by atoms with van der Waals surface area (Å²) >= 11 is 1.18. The fourth-order valence-electron chi connectivity index (χ4n) is 3.20. The summed E-state index contributed by atoms with van der Waals surface area (Å²) in [5.41, 5.74) is 0.924. The number of nitrogens with zero attached hydrogens (tertiary/aromatic N) is 1. The molecule has 1 aromatic heterocycles. The standard InChI is InChI=1S/C20H26N2O4S2/c1-2-3-12-26-17-8-4-7-16(14-17)15-21-20(23)18-9-5-11-22(18)28(24,25)19-10-6-13-27-19/h4,6-8,10,13-14,18H,2-3,5,9,11-12,15H2,1H3,(H,21,23). The summed E-state index contributed by atoms with van der Waals surface area (Å²) in [7, 11) is -3.62. The zero-order valence-electron chi connectivity index (χ0n) is 16.0. The van der Waals surface area contributed by atoms with Crippen LogP contribution < -0.4 is 10.1 Å². The van der Waals surface area contributed by atoms with E-state index >= 15 is 0 Å². The third kappa shape index (κ3) is 4.92. The van der Waals surface area contributed by atoms with E-state index in [-0.39, 0.29) is 10.1 Å². The van der Waals surface area contributed by atoms with Gasteiger partial charge in [0.2, 0.25) is 5.91 Å². The van der Waals surface area contributed by atoms with Crippen LogP contribution in [-0.2, 0) is 21.4 Å². The van der Waals surface area contributed by atoms with Crippen molar-refractivity contribution in [2.24, 2.45) is 0 Å². The summed E-state index contributed by atoms with van der Waals surface area (Å²) < 4.78 is 32.9. The molecule has 6 nitrogen and oxygen atoms in total. The smallest absolute Gasteiger partial charge is 0.253 e. The minimum absolute atomic E-state index is 0.255. The fraction of sp³-hybridized carbons (Fsp3) is 0.450. The van der Waals surface area contributed by atoms with Gasteiger partial charge in [0, 0.05) is 13.1 Å². The molecule has 0 radical (unpaired) electrons. The third-order valence-corrected chi connectivity index (χ3v) is 7.98. The second-order valence-corrected chi connectivity index (χ2v) is 9.84. The van der Waals surface area contributed by atoms with E-state index in [1.807, 2.05) is 24.3 Å². The number of unbranched alkanes of at least 4 members (excludes halogenated alkanes) is 1. The van der Waals surface area contributed by atoms with Crippen LogP contribution in [0.15, 0.2) is 46.0 Å². The van der Waals surface area contributed by atoms with Gasteiger partial charge < -0.3 is 10.1 Å². The van der Waals surface area contributed by atoms with Crippen molar-refractivity contribution in [3.05, 3.63) is 47.3 Å². The molecule has 2 aromatic rings. The highest BCUT2D eigenvalue weighted by Gasteiger charge is 2.39. The van der Waals surface area contributed by atoms with E-state index in [1.54, 1.807) is 17.5 Å². The average molecular weight is 423 g/mol. The highest BCUT2D eigenvalue weighted by atomic mass is 32.2. The Morgan fingerprint density at radius 3 is 2.93 bits per heavy atom. The second kappa shape index (κ2) is 9.54. The van der Waals surface area contributed by atoms with Crippen molar-refractivity contribution < 1.29 is 17.9 Å². The number of amides is 1. The Kier molecular flexibility index (Phi) is 7.09. The van der Waals surface area contributed by atoms with Gasteiger partial charge >= 0.3 is 0 Å². The van der Waals surface area contributed by atoms with Crippen molar-refractivity contribution in [2.45, 2.75) is 49.4 Å². The molecular weight excluding hydrogens is 396 g/mol. The normalized spacial score (nSPS) is 17.5. The maximum Gasteiger partial charge on any atom is 0.253 e. The lowest BCUT2D eigenvalue weighted by Crippen LogP contribution is -2.45. The van der Waals surface area contributed by atoms with Crippen molar-refractivity contribution in [2.75, 3.05) is 13.2 Å². The number of sulfonamides is 1. The summed E-state index contributed by atoms with van der Waals surface area (Å²) in [6.07, 6.45) is 3.29. The quantitative estimate of drug-likeness (QED) is 0.629. The van der Waals surface area contributed by atoms with Crippen LogP contribution in [0.3, 0.4) is 0 Å². The highest BCUT2D eigenvalue weighted by Crippen LogP contribution is 2.28. The molecule has 28 heavy (non-hydrogen) atoms. The third-order valence-electron chi connectivity index (χ3n) is 4.70. The van der Waals surface area contributed by atoms with E-state index < -0.39 is 16.1 Å². The number of carbonyl (C=O) groups is 1. The molecule has 1 aliphatic rings. The lowest BCUT2D eigenvalue weighted by Gasteiger charge is -2.22. The number of hydrogen-bond donors (Lipinski definition) is 1. The largest absolute Gasteiger partial charge is 0.494 e. The molecule has 1 saturated heterocycles. The molecule has 1 aromatic carbocycles. The molecule has 8 heteroatoms. The molecule has 1 N–H and O–H groups in total. The van der Waals surface area contributed by atoms with Gasteiger partial charge in [0.1, 0.15) is 16.0 Å². The average Bonchev–Trinajstić information content (AvgIpc) is 3.39. The van der Waals surface area contributed by atoms with E-state index in [0.717, 1.165) is 24.2 Å². The zero-order valence-corrected chi connectivity index (χ0v) is 17.6. The second-order valence-electron chi connectivity index (χ2n) is 6.77. The Balaban J connectivity index is 1.61. The molecule has 1 unspecified atom stereocenters. The van der Waals surface area contributed by atoms with Crippen LogP contribution in [0.25, 0.3) is 0 Å². The summed E-state index contributed by atoms with van der Waals surface area (Å²) in [5, 5.41) is 4.62. The van der Waals surface area contributed by atoms with E-state index in [4.69, 9.17) is 4.74 Å². The van der Waals surface area contributed by atoms with Crippen LogP contribution in [-0.4, -0.2) is 37.8 Å². The first-order valence-electron chi connectivity index (χ1n) is 9.57. The Morgan fingerprint density at radius 2 is 2.18 bits per heavy atom. The summed E-state index contributed by atoms with van der Waals surface area (Å²) in [6, 6.07) is 10.2. The zero-order chi connectivity index (χ0) is 20.0. The topological polar surface area (TPSA) is 75.7 Å². The molecule has 1 aliphatic heterocycles. The lowest BCUT2D eigenvalue weighted by molar-refractivity contribution is -0.124. The number of hydrogen-bond acceptors (Lipinski definition) is 5. The van der Waals surface area contributed by atoms with E-state index in [1.165, 1.54) is 15.6 Å². The summed E-state index contributed by atoms with van der Waals surface area (Å²) in [4.78, 5) is 12.7. The number of thiophene rings is 1. The van der Waals surface area contributed by atoms with Gasteiger partial charge in [0.15, 0.2) is 0 Å². The Morgan fingerprint density at radius 1 is 1.32 bits per heavy atom. The van der Waals surface area contributed by atoms with Gasteiger partial charge in [-0.25, -0.2) is 8.42 Å². The summed E-state index contributed by atoms with van der Waals surface area (Å²) in [5.74, 6) is 0.526. The van der Waals surface area contributed by atoms with Crippen LogP contribution in [0.5, 0.6) is 5.75 Å². The van der Waals surface area contributed by atoms with Crippen LogP contribution >= 0.6 is 11.3 Å². The lowest BCUT2D eigenvalue weighted by atomic mass is 10.2. The Bertz CT molecular complexity index is 881. The monoisotopic (exact) mass is 422 g/mol. The van der Waals surface area contributed by atoms with Gasteiger partial charge in [-0.05, 0) is 48.4 Å². The van der Waals surface area contributed by atoms with Gasteiger partial charge in [0.25, 0.3) is 10.0 Å². The maximum atomic E-state index is 12.8. The number of carbonyl (C=O) groups excluding carboxylic acids is 1. The van der Waals surface area contributed by atoms with Crippen LogP contribution in [0.1, 0.15) is 38.2 Å². The molecule has 0 spiro atoms. The molecule has 2 heterocycles. The van der Waals surface area contributed by atoms with Crippen molar-refractivity contribution in [1.29, 1.82) is 0 Å². The molecule has 0 aliphatic carbocycles. The van der Waals surface area contributed by atoms with Crippen LogP contribution in [0.4, 0.5) is 0 Å². The van der Waals surface area contributed by atoms with Crippen LogP contribution in [0.2, 0.25) is 0 Å². The minimum Gasteiger partial charge on any atom is -0.494 e. The predicted octanol–water partition coefficient (Wildman–Crippen LogP) is 3.40. The first-order chi connectivity index (χ1) is 13.5.